The van der Waals surface area contributed by atoms with E-state index in [1.807, 2.05) is 13.0 Å². The molecular formula is C27H30FN9O. The molecule has 3 N–H and O–H groups in total. The minimum absolute atomic E-state index is 0.120. The second kappa shape index (κ2) is 10.1. The fourth-order valence-electron chi connectivity index (χ4n) is 4.61. The summed E-state index contributed by atoms with van der Waals surface area (Å²) in [5.74, 6) is 2.09. The molecule has 38 heavy (non-hydrogen) atoms. The summed E-state index contributed by atoms with van der Waals surface area (Å²) in [7, 11) is 1.66. The molecule has 10 nitrogen and oxygen atoms in total. The number of fused-ring (bicyclic) bond motifs is 3. The first-order valence-electron chi connectivity index (χ1n) is 12.3. The minimum Gasteiger partial charge on any atom is -0.480 e. The van der Waals surface area contributed by atoms with Crippen molar-refractivity contribution in [1.29, 1.82) is 0 Å². The lowest BCUT2D eigenvalue weighted by molar-refractivity contribution is 0.191. The highest BCUT2D eigenvalue weighted by Gasteiger charge is 2.32. The zero-order chi connectivity index (χ0) is 26.9. The number of hydrogen-bond acceptors (Lipinski definition) is 7. The number of halogens is 1. The molecule has 0 bridgehead atoms. The van der Waals surface area contributed by atoms with Gasteiger partial charge in [0, 0.05) is 43.5 Å². The van der Waals surface area contributed by atoms with E-state index in [1.54, 1.807) is 37.5 Å². The monoisotopic (exact) mass is 515 g/mol. The van der Waals surface area contributed by atoms with Crippen molar-refractivity contribution >= 4 is 11.8 Å². The molecule has 11 heteroatoms. The molecule has 3 aromatic heterocycles. The van der Waals surface area contributed by atoms with Crippen molar-refractivity contribution in [3.8, 4) is 28.5 Å². The van der Waals surface area contributed by atoms with Crippen LogP contribution in [0.25, 0.3) is 22.8 Å². The van der Waals surface area contributed by atoms with Gasteiger partial charge < -0.3 is 24.9 Å². The highest BCUT2D eigenvalue weighted by atomic mass is 19.1. The van der Waals surface area contributed by atoms with Crippen molar-refractivity contribution in [1.82, 2.24) is 29.3 Å². The molecule has 4 aromatic rings. The topological polar surface area (TPSA) is 121 Å². The second-order valence-corrected chi connectivity index (χ2v) is 9.92. The average Bonchev–Trinajstić information content (AvgIpc) is 3.46. The van der Waals surface area contributed by atoms with Crippen LogP contribution in [0.1, 0.15) is 32.7 Å². The van der Waals surface area contributed by atoms with Gasteiger partial charge >= 0.3 is 0 Å². The zero-order valence-corrected chi connectivity index (χ0v) is 21.8. The van der Waals surface area contributed by atoms with E-state index >= 15 is 0 Å². The maximum atomic E-state index is 14.2. The van der Waals surface area contributed by atoms with Gasteiger partial charge in [-0.2, -0.15) is 0 Å². The lowest BCUT2D eigenvalue weighted by Crippen LogP contribution is -2.25. The van der Waals surface area contributed by atoms with Crippen LogP contribution in [-0.4, -0.2) is 42.2 Å². The van der Waals surface area contributed by atoms with Gasteiger partial charge in [-0.3, -0.25) is 4.99 Å². The van der Waals surface area contributed by atoms with Gasteiger partial charge in [0.25, 0.3) is 0 Å². The van der Waals surface area contributed by atoms with Crippen LogP contribution in [0, 0.1) is 11.2 Å². The molecule has 0 saturated heterocycles. The Balaban J connectivity index is 1.50. The number of aliphatic imine (C=N–C) groups is 1. The van der Waals surface area contributed by atoms with Gasteiger partial charge in [-0.1, -0.05) is 26.0 Å². The molecule has 4 heterocycles. The molecule has 0 aliphatic carbocycles. The fourth-order valence-corrected chi connectivity index (χ4v) is 4.61. The largest absolute Gasteiger partial charge is 0.480 e. The third-order valence-electron chi connectivity index (χ3n) is 6.28. The number of nitrogens with two attached hydrogens (primary N) is 1. The second-order valence-electron chi connectivity index (χ2n) is 9.92. The molecule has 0 amide bonds. The molecule has 1 aliphatic rings. The summed E-state index contributed by atoms with van der Waals surface area (Å²) in [4.78, 5) is 13.1. The summed E-state index contributed by atoms with van der Waals surface area (Å²) in [5.41, 5.74) is 7.95. The Bertz CT molecular complexity index is 1520. The Hall–Kier alpha value is -4.54. The van der Waals surface area contributed by atoms with Gasteiger partial charge in [0.1, 0.15) is 5.84 Å². The molecule has 0 spiro atoms. The Labute approximate surface area is 220 Å². The van der Waals surface area contributed by atoms with Crippen LogP contribution in [0.5, 0.6) is 5.75 Å². The highest BCUT2D eigenvalue weighted by molar-refractivity contribution is 6.02. The molecule has 1 aromatic carbocycles. The van der Waals surface area contributed by atoms with Crippen LogP contribution in [-0.2, 0) is 13.1 Å². The van der Waals surface area contributed by atoms with E-state index in [2.05, 4.69) is 65.7 Å². The normalized spacial score (nSPS) is 15.6. The number of anilines is 1. The summed E-state index contributed by atoms with van der Waals surface area (Å²) in [6.07, 6.45) is 6.30. The summed E-state index contributed by atoms with van der Waals surface area (Å²) >= 11 is 0. The maximum Gasteiger partial charge on any atom is 0.228 e. The Kier molecular flexibility index (Phi) is 6.66. The van der Waals surface area contributed by atoms with Crippen LogP contribution in [0.2, 0.25) is 0 Å². The summed E-state index contributed by atoms with van der Waals surface area (Å²) in [6.45, 7) is 7.69. The van der Waals surface area contributed by atoms with Crippen molar-refractivity contribution in [2.75, 3.05) is 12.4 Å². The van der Waals surface area contributed by atoms with Crippen LogP contribution >= 0.6 is 0 Å². The van der Waals surface area contributed by atoms with Gasteiger partial charge in [-0.25, -0.2) is 14.4 Å². The van der Waals surface area contributed by atoms with Crippen LogP contribution in [0.4, 0.5) is 10.3 Å². The predicted molar refractivity (Wildman–Crippen MR) is 144 cm³/mol. The summed E-state index contributed by atoms with van der Waals surface area (Å²) in [6, 6.07) is 10.3. The first-order valence-corrected chi connectivity index (χ1v) is 12.3. The van der Waals surface area contributed by atoms with Crippen LogP contribution in [0.15, 0.2) is 66.1 Å². The van der Waals surface area contributed by atoms with E-state index in [1.165, 1.54) is 12.3 Å². The lowest BCUT2D eigenvalue weighted by Gasteiger charge is -2.25. The Morgan fingerprint density at radius 2 is 2.05 bits per heavy atom. The number of nitrogens with zero attached hydrogens (tertiary/aromatic N) is 7. The molecule has 196 valence electrons. The van der Waals surface area contributed by atoms with Crippen molar-refractivity contribution in [2.45, 2.75) is 40.0 Å². The number of aromatic nitrogens is 6. The molecule has 1 atom stereocenters. The Morgan fingerprint density at radius 1 is 1.24 bits per heavy atom. The number of rotatable bonds is 6. The standard InChI is InChI=1S/C27H30FN9O/c1-17(38-22-8-6-5-7-19(22)28)24-34-35-25-21-13-18(14-36(21)15-27(2,3)16-37(24)25)20-10-12-31-26(32-20)33-23(30-4)9-11-29/h5-14,17H,15-16,29H2,1-4H3,(H,30,31,32,33)/t17-/m0/s1. The average molecular weight is 516 g/mol. The number of hydrogen-bond donors (Lipinski definition) is 2. The number of nitrogens with one attached hydrogen (secondary N) is 1. The molecule has 0 fully saturated rings. The molecule has 5 rings (SSSR count). The van der Waals surface area contributed by atoms with Gasteiger partial charge in [0.2, 0.25) is 5.95 Å². The Morgan fingerprint density at radius 3 is 2.82 bits per heavy atom. The fraction of sp³-hybridized carbons (Fsp3) is 0.296. The van der Waals surface area contributed by atoms with Crippen LogP contribution < -0.4 is 15.8 Å². The molecule has 1 aliphatic heterocycles. The zero-order valence-electron chi connectivity index (χ0n) is 21.8. The van der Waals surface area contributed by atoms with Gasteiger partial charge in [0.15, 0.2) is 29.3 Å². The van der Waals surface area contributed by atoms with Gasteiger partial charge in [-0.15, -0.1) is 10.2 Å². The molecular weight excluding hydrogens is 485 g/mol. The quantitative estimate of drug-likeness (QED) is 0.288. The van der Waals surface area contributed by atoms with Crippen LogP contribution in [0.3, 0.4) is 0 Å². The summed E-state index contributed by atoms with van der Waals surface area (Å²) < 4.78 is 24.4. The van der Waals surface area contributed by atoms with E-state index in [0.717, 1.165) is 29.3 Å². The van der Waals surface area contributed by atoms with E-state index < -0.39 is 11.9 Å². The van der Waals surface area contributed by atoms with Crippen molar-refractivity contribution in [3.05, 3.63) is 72.7 Å². The SMILES string of the molecule is CN=C(C=CN)Nc1nccc(-c2cc3n(c2)CC(C)(C)Cn2c-3nnc2[C@H](C)Oc2ccccc2F)n1. The third kappa shape index (κ3) is 4.99. The summed E-state index contributed by atoms with van der Waals surface area (Å²) in [5, 5.41) is 12.1. The molecule has 0 radical (unpaired) electrons. The van der Waals surface area contributed by atoms with Gasteiger partial charge in [-0.05, 0) is 43.5 Å². The highest BCUT2D eigenvalue weighted by Crippen LogP contribution is 2.37. The van der Waals surface area contributed by atoms with Crippen molar-refractivity contribution < 1.29 is 9.13 Å². The van der Waals surface area contributed by atoms with Crippen molar-refractivity contribution in [3.63, 3.8) is 0 Å². The molecule has 0 saturated carbocycles. The van der Waals surface area contributed by atoms with E-state index in [9.17, 15) is 4.39 Å². The predicted octanol–water partition coefficient (Wildman–Crippen LogP) is 4.44. The van der Waals surface area contributed by atoms with E-state index in [0.29, 0.717) is 24.2 Å². The smallest absolute Gasteiger partial charge is 0.228 e. The number of para-hydroxylation sites is 1. The van der Waals surface area contributed by atoms with Crippen molar-refractivity contribution in [2.24, 2.45) is 16.1 Å². The minimum atomic E-state index is -0.502. The van der Waals surface area contributed by atoms with Gasteiger partial charge in [0.05, 0.1) is 11.4 Å². The first-order chi connectivity index (χ1) is 18.3. The lowest BCUT2D eigenvalue weighted by atomic mass is 9.93. The van der Waals surface area contributed by atoms with E-state index in [-0.39, 0.29) is 11.2 Å². The molecule has 0 unspecified atom stereocenters. The first kappa shape index (κ1) is 25.1. The van der Waals surface area contributed by atoms with E-state index in [4.69, 9.17) is 10.5 Å². The number of ether oxygens (including phenoxy) is 1. The number of amidine groups is 1. The number of benzene rings is 1. The third-order valence-corrected chi connectivity index (χ3v) is 6.28. The maximum absolute atomic E-state index is 14.2.